The summed E-state index contributed by atoms with van der Waals surface area (Å²) in [4.78, 5) is 0. The minimum Gasteiger partial charge on any atom is -0.213 e. The second kappa shape index (κ2) is 7.66. The lowest BCUT2D eigenvalue weighted by Gasteiger charge is -2.30. The topological polar surface area (TPSA) is 37.4 Å². The van der Waals surface area contributed by atoms with Crippen LogP contribution in [0.25, 0.3) is 0 Å². The number of nitrogens with zero attached hydrogens (tertiary/aromatic N) is 1. The summed E-state index contributed by atoms with van der Waals surface area (Å²) in [5.41, 5.74) is 0.457. The third-order valence-electron chi connectivity index (χ3n) is 3.95. The van der Waals surface area contributed by atoms with E-state index < -0.39 is 21.8 Å². The van der Waals surface area contributed by atoms with Crippen LogP contribution in [0.5, 0.6) is 0 Å². The summed E-state index contributed by atoms with van der Waals surface area (Å²) in [5, 5.41) is 0. The van der Waals surface area contributed by atoms with E-state index in [0.29, 0.717) is 25.9 Å². The third-order valence-corrected chi connectivity index (χ3v) is 5.25. The molecule has 0 unspecified atom stereocenters. The van der Waals surface area contributed by atoms with E-state index in [0.717, 1.165) is 11.6 Å². The fourth-order valence-corrected chi connectivity index (χ4v) is 3.65. The zero-order chi connectivity index (χ0) is 17.8. The molecule has 3 nitrogen and oxygen atoms in total. The van der Waals surface area contributed by atoms with Crippen LogP contribution in [-0.2, 0) is 16.2 Å². The lowest BCUT2D eigenvalue weighted by molar-refractivity contribution is -0.138. The quantitative estimate of drug-likeness (QED) is 0.802. The number of hydrogen-bond acceptors (Lipinski definition) is 2. The van der Waals surface area contributed by atoms with Crippen molar-refractivity contribution in [3.8, 4) is 0 Å². The molecule has 1 saturated heterocycles. The van der Waals surface area contributed by atoms with E-state index in [-0.39, 0.29) is 11.5 Å². The minimum absolute atomic E-state index is 0.115. The average molecular weight is 351 g/mol. The fraction of sp³-hybridized carbons (Fsp3) is 0.625. The molecule has 1 heterocycles. The van der Waals surface area contributed by atoms with Gasteiger partial charge in [0, 0.05) is 13.1 Å². The summed E-state index contributed by atoms with van der Waals surface area (Å²) in [6.45, 7) is 6.30. The van der Waals surface area contributed by atoms with Crippen LogP contribution in [0.4, 0.5) is 13.2 Å². The SMILES string of the molecule is CC.Cc1cc(C2CCN(S(C)(=O)=O)CC2)ccc1C(F)(F)F. The maximum absolute atomic E-state index is 12.7. The molecule has 23 heavy (non-hydrogen) atoms. The Morgan fingerprint density at radius 3 is 2.04 bits per heavy atom. The molecule has 1 aromatic rings. The van der Waals surface area contributed by atoms with E-state index in [1.54, 1.807) is 6.07 Å². The van der Waals surface area contributed by atoms with E-state index in [2.05, 4.69) is 0 Å². The van der Waals surface area contributed by atoms with Gasteiger partial charge in [-0.3, -0.25) is 0 Å². The first kappa shape index (κ1) is 20.0. The number of aryl methyl sites for hydroxylation is 1. The number of alkyl halides is 3. The van der Waals surface area contributed by atoms with Crippen molar-refractivity contribution in [2.75, 3.05) is 19.3 Å². The molecule has 0 saturated carbocycles. The first-order valence-electron chi connectivity index (χ1n) is 7.72. The number of rotatable bonds is 2. The van der Waals surface area contributed by atoms with Crippen molar-refractivity contribution in [1.29, 1.82) is 0 Å². The van der Waals surface area contributed by atoms with Gasteiger partial charge in [0.25, 0.3) is 0 Å². The summed E-state index contributed by atoms with van der Waals surface area (Å²) in [6.07, 6.45) is -1.88. The van der Waals surface area contributed by atoms with Crippen molar-refractivity contribution in [2.45, 2.75) is 45.7 Å². The van der Waals surface area contributed by atoms with Crippen LogP contribution < -0.4 is 0 Å². The van der Waals surface area contributed by atoms with Crippen molar-refractivity contribution < 1.29 is 21.6 Å². The number of halogens is 3. The first-order valence-corrected chi connectivity index (χ1v) is 9.57. The minimum atomic E-state index is -4.33. The normalized spacial score (nSPS) is 17.5. The fourth-order valence-electron chi connectivity index (χ4n) is 2.78. The van der Waals surface area contributed by atoms with Gasteiger partial charge >= 0.3 is 6.18 Å². The Morgan fingerprint density at radius 1 is 1.13 bits per heavy atom. The largest absolute Gasteiger partial charge is 0.416 e. The molecule has 1 aliphatic heterocycles. The second-order valence-corrected chi connectivity index (χ2v) is 7.49. The first-order chi connectivity index (χ1) is 10.6. The monoisotopic (exact) mass is 351 g/mol. The lowest BCUT2D eigenvalue weighted by atomic mass is 9.88. The van der Waals surface area contributed by atoms with Crippen LogP contribution in [0.1, 0.15) is 49.3 Å². The molecule has 0 bridgehead atoms. The van der Waals surface area contributed by atoms with E-state index in [1.807, 2.05) is 13.8 Å². The van der Waals surface area contributed by atoms with E-state index in [9.17, 15) is 21.6 Å². The molecule has 2 rings (SSSR count). The Labute approximate surface area is 136 Å². The van der Waals surface area contributed by atoms with Gasteiger partial charge in [-0.2, -0.15) is 13.2 Å². The number of hydrogen-bond donors (Lipinski definition) is 0. The van der Waals surface area contributed by atoms with Gasteiger partial charge in [0.2, 0.25) is 10.0 Å². The highest BCUT2D eigenvalue weighted by molar-refractivity contribution is 7.88. The summed E-state index contributed by atoms with van der Waals surface area (Å²) >= 11 is 0. The highest BCUT2D eigenvalue weighted by Crippen LogP contribution is 2.35. The molecule has 0 amide bonds. The molecule has 0 aromatic heterocycles. The maximum Gasteiger partial charge on any atom is 0.416 e. The van der Waals surface area contributed by atoms with Crippen LogP contribution >= 0.6 is 0 Å². The molecule has 1 aliphatic rings. The van der Waals surface area contributed by atoms with Crippen LogP contribution in [0.3, 0.4) is 0 Å². The smallest absolute Gasteiger partial charge is 0.213 e. The van der Waals surface area contributed by atoms with Gasteiger partial charge in [-0.25, -0.2) is 12.7 Å². The molecule has 1 aromatic carbocycles. The van der Waals surface area contributed by atoms with Crippen molar-refractivity contribution in [3.63, 3.8) is 0 Å². The van der Waals surface area contributed by atoms with Crippen molar-refractivity contribution in [2.24, 2.45) is 0 Å². The Hall–Kier alpha value is -1.08. The molecule has 0 atom stereocenters. The zero-order valence-corrected chi connectivity index (χ0v) is 14.8. The van der Waals surface area contributed by atoms with Gasteiger partial charge in [0.05, 0.1) is 11.8 Å². The Kier molecular flexibility index (Phi) is 6.65. The summed E-state index contributed by atoms with van der Waals surface area (Å²) in [7, 11) is -3.18. The van der Waals surface area contributed by atoms with Crippen LogP contribution in [0.2, 0.25) is 0 Å². The second-order valence-electron chi connectivity index (χ2n) is 5.51. The van der Waals surface area contributed by atoms with Gasteiger partial charge < -0.3 is 0 Å². The molecule has 0 aliphatic carbocycles. The van der Waals surface area contributed by atoms with Gasteiger partial charge in [0.15, 0.2) is 0 Å². The molecule has 1 fully saturated rings. The van der Waals surface area contributed by atoms with Crippen molar-refractivity contribution >= 4 is 10.0 Å². The molecule has 7 heteroatoms. The number of sulfonamides is 1. The highest BCUT2D eigenvalue weighted by atomic mass is 32.2. The zero-order valence-electron chi connectivity index (χ0n) is 13.9. The number of benzene rings is 1. The predicted octanol–water partition coefficient (Wildman–Crippen LogP) is 4.18. The van der Waals surface area contributed by atoms with E-state index in [1.165, 1.54) is 23.6 Å². The van der Waals surface area contributed by atoms with Gasteiger partial charge in [-0.1, -0.05) is 26.0 Å². The van der Waals surface area contributed by atoms with E-state index >= 15 is 0 Å². The Morgan fingerprint density at radius 2 is 1.65 bits per heavy atom. The van der Waals surface area contributed by atoms with Gasteiger partial charge in [-0.15, -0.1) is 0 Å². The Bertz CT molecular complexity index is 619. The standard InChI is InChI=1S/C14H18F3NO2S.C2H6/c1-10-9-12(3-4-13(10)14(15,16)17)11-5-7-18(8-6-11)21(2,19)20;1-2/h3-4,9,11H,5-8H2,1-2H3;1-2H3. The lowest BCUT2D eigenvalue weighted by Crippen LogP contribution is -2.37. The van der Waals surface area contributed by atoms with Gasteiger partial charge in [0.1, 0.15) is 0 Å². The van der Waals surface area contributed by atoms with E-state index in [4.69, 9.17) is 0 Å². The summed E-state index contributed by atoms with van der Waals surface area (Å²) in [5.74, 6) is 0.115. The van der Waals surface area contributed by atoms with Crippen molar-refractivity contribution in [3.05, 3.63) is 34.9 Å². The molecule has 0 radical (unpaired) electrons. The molecule has 132 valence electrons. The predicted molar refractivity (Wildman–Crippen MR) is 85.9 cm³/mol. The third kappa shape index (κ3) is 5.21. The Balaban J connectivity index is 0.00000127. The van der Waals surface area contributed by atoms with Gasteiger partial charge in [-0.05, 0) is 42.9 Å². The average Bonchev–Trinajstić information content (AvgIpc) is 2.47. The maximum atomic E-state index is 12.7. The molecular formula is C16H24F3NO2S. The molecule has 0 spiro atoms. The van der Waals surface area contributed by atoms with Crippen LogP contribution in [0.15, 0.2) is 18.2 Å². The van der Waals surface area contributed by atoms with Crippen LogP contribution in [-0.4, -0.2) is 32.1 Å². The summed E-state index contributed by atoms with van der Waals surface area (Å²) < 4.78 is 62.5. The highest BCUT2D eigenvalue weighted by Gasteiger charge is 2.33. The molecular weight excluding hydrogens is 327 g/mol. The van der Waals surface area contributed by atoms with Crippen molar-refractivity contribution in [1.82, 2.24) is 4.31 Å². The number of piperidine rings is 1. The molecule has 0 N–H and O–H groups in total. The van der Waals surface area contributed by atoms with Crippen LogP contribution in [0, 0.1) is 6.92 Å². The summed E-state index contributed by atoms with van der Waals surface area (Å²) in [6, 6.07) is 4.20.